The summed E-state index contributed by atoms with van der Waals surface area (Å²) >= 11 is 0. The van der Waals surface area contributed by atoms with Crippen molar-refractivity contribution >= 4 is 0 Å². The maximum atomic E-state index is 2.43. The van der Waals surface area contributed by atoms with E-state index in [0.717, 1.165) is 0 Å². The lowest BCUT2D eigenvalue weighted by molar-refractivity contribution is 0.804. The Morgan fingerprint density at radius 3 is 1.35 bits per heavy atom. The Morgan fingerprint density at radius 1 is 0.565 bits per heavy atom. The maximum Gasteiger partial charge on any atom is -0.0288 e. The van der Waals surface area contributed by atoms with Crippen LogP contribution in [0.2, 0.25) is 0 Å². The van der Waals surface area contributed by atoms with Crippen molar-refractivity contribution in [1.82, 2.24) is 0 Å². The van der Waals surface area contributed by atoms with Crippen LogP contribution in [0.5, 0.6) is 0 Å². The Kier molecular flexibility index (Phi) is 13.9. The molecular weight excluding hydrogens is 276 g/mol. The Balaban J connectivity index is 3.93. The van der Waals surface area contributed by atoms with E-state index >= 15 is 0 Å². The van der Waals surface area contributed by atoms with Gasteiger partial charge in [0.25, 0.3) is 0 Å². The highest BCUT2D eigenvalue weighted by Crippen LogP contribution is 2.14. The summed E-state index contributed by atoms with van der Waals surface area (Å²) in [5.41, 5.74) is 6.05. The summed E-state index contributed by atoms with van der Waals surface area (Å²) < 4.78 is 0. The number of hydrogen-bond acceptors (Lipinski definition) is 0. The van der Waals surface area contributed by atoms with Crippen molar-refractivity contribution < 1.29 is 0 Å². The number of hydrogen-bond donors (Lipinski definition) is 0. The van der Waals surface area contributed by atoms with Crippen molar-refractivity contribution in [2.45, 2.75) is 99.3 Å². The van der Waals surface area contributed by atoms with Crippen LogP contribution >= 0.6 is 0 Å². The SMILES string of the molecule is CCCCC=C(C)CCC=C(C)CCC=C(C)CCC=C(C)C. The van der Waals surface area contributed by atoms with Crippen LogP contribution in [0.1, 0.15) is 99.3 Å². The molecule has 0 heterocycles. The van der Waals surface area contributed by atoms with Gasteiger partial charge in [-0.05, 0) is 79.6 Å². The van der Waals surface area contributed by atoms with Gasteiger partial charge in [-0.25, -0.2) is 0 Å². The van der Waals surface area contributed by atoms with Gasteiger partial charge in [-0.2, -0.15) is 0 Å². The molecule has 0 bridgehead atoms. The average molecular weight is 317 g/mol. The van der Waals surface area contributed by atoms with Gasteiger partial charge in [0, 0.05) is 0 Å². The third kappa shape index (κ3) is 15.6. The van der Waals surface area contributed by atoms with Crippen LogP contribution in [-0.4, -0.2) is 0 Å². The van der Waals surface area contributed by atoms with Crippen molar-refractivity contribution in [3.05, 3.63) is 46.6 Å². The summed E-state index contributed by atoms with van der Waals surface area (Å²) in [6.07, 6.45) is 20.7. The minimum atomic E-state index is 1.18. The fraction of sp³-hybridized carbons (Fsp3) is 0.652. The van der Waals surface area contributed by atoms with E-state index in [1.54, 1.807) is 11.1 Å². The topological polar surface area (TPSA) is 0 Å². The first-order chi connectivity index (χ1) is 11.0. The van der Waals surface area contributed by atoms with E-state index in [1.807, 2.05) is 0 Å². The van der Waals surface area contributed by atoms with Gasteiger partial charge in [0.1, 0.15) is 0 Å². The van der Waals surface area contributed by atoms with E-state index in [2.05, 4.69) is 65.8 Å². The zero-order valence-electron chi connectivity index (χ0n) is 16.7. The van der Waals surface area contributed by atoms with Crippen LogP contribution in [0.3, 0.4) is 0 Å². The van der Waals surface area contributed by atoms with Gasteiger partial charge in [0.2, 0.25) is 0 Å². The molecule has 0 unspecified atom stereocenters. The van der Waals surface area contributed by atoms with Gasteiger partial charge in [-0.15, -0.1) is 0 Å². The van der Waals surface area contributed by atoms with Gasteiger partial charge in [-0.3, -0.25) is 0 Å². The van der Waals surface area contributed by atoms with Gasteiger partial charge in [0.15, 0.2) is 0 Å². The van der Waals surface area contributed by atoms with Crippen LogP contribution in [-0.2, 0) is 0 Å². The first-order valence-corrected chi connectivity index (χ1v) is 9.56. The van der Waals surface area contributed by atoms with Crippen molar-refractivity contribution in [3.8, 4) is 0 Å². The van der Waals surface area contributed by atoms with Gasteiger partial charge in [0.05, 0.1) is 0 Å². The summed E-state index contributed by atoms with van der Waals surface area (Å²) in [5.74, 6) is 0. The zero-order valence-corrected chi connectivity index (χ0v) is 16.7. The Hall–Kier alpha value is -1.04. The molecular formula is C23H40. The van der Waals surface area contributed by atoms with E-state index < -0.39 is 0 Å². The third-order valence-corrected chi connectivity index (χ3v) is 4.20. The normalized spacial score (nSPS) is 13.4. The number of unbranched alkanes of at least 4 members (excludes halogenated alkanes) is 2. The van der Waals surface area contributed by atoms with Crippen LogP contribution in [0.4, 0.5) is 0 Å². The molecule has 0 saturated carbocycles. The van der Waals surface area contributed by atoms with Crippen LogP contribution in [0.15, 0.2) is 46.6 Å². The second kappa shape index (κ2) is 14.5. The molecule has 0 aromatic heterocycles. The molecule has 0 fully saturated rings. The highest BCUT2D eigenvalue weighted by Gasteiger charge is 1.93. The summed E-state index contributed by atoms with van der Waals surface area (Å²) in [7, 11) is 0. The number of allylic oxidation sites excluding steroid dienone is 8. The van der Waals surface area contributed by atoms with Crippen molar-refractivity contribution in [2.75, 3.05) is 0 Å². The summed E-state index contributed by atoms with van der Waals surface area (Å²) in [6.45, 7) is 13.4. The lowest BCUT2D eigenvalue weighted by Gasteiger charge is -2.02. The van der Waals surface area contributed by atoms with E-state index in [9.17, 15) is 0 Å². The molecule has 23 heavy (non-hydrogen) atoms. The second-order valence-electron chi connectivity index (χ2n) is 7.19. The minimum Gasteiger partial charge on any atom is -0.0856 e. The third-order valence-electron chi connectivity index (χ3n) is 4.20. The second-order valence-corrected chi connectivity index (χ2v) is 7.19. The molecule has 0 atom stereocenters. The lowest BCUT2D eigenvalue weighted by atomic mass is 10.0. The maximum absolute atomic E-state index is 2.43. The zero-order chi connectivity index (χ0) is 17.5. The first kappa shape index (κ1) is 22.0. The molecule has 0 amide bonds. The molecule has 0 aliphatic heterocycles. The van der Waals surface area contributed by atoms with E-state index in [-0.39, 0.29) is 0 Å². The molecule has 0 nitrogen and oxygen atoms in total. The quantitative estimate of drug-likeness (QED) is 0.251. The molecule has 0 radical (unpaired) electrons. The minimum absolute atomic E-state index is 1.18. The monoisotopic (exact) mass is 316 g/mol. The first-order valence-electron chi connectivity index (χ1n) is 9.56. The predicted octanol–water partition coefficient (Wildman–Crippen LogP) is 8.32. The smallest absolute Gasteiger partial charge is 0.0288 e. The summed E-state index contributed by atoms with van der Waals surface area (Å²) in [4.78, 5) is 0. The van der Waals surface area contributed by atoms with E-state index in [0.29, 0.717) is 0 Å². The highest BCUT2D eigenvalue weighted by atomic mass is 14.0. The van der Waals surface area contributed by atoms with Gasteiger partial charge < -0.3 is 0 Å². The van der Waals surface area contributed by atoms with Crippen molar-refractivity contribution in [1.29, 1.82) is 0 Å². The molecule has 0 spiro atoms. The Labute approximate surface area is 146 Å². The molecule has 0 aliphatic carbocycles. The van der Waals surface area contributed by atoms with Crippen LogP contribution in [0, 0.1) is 0 Å². The lowest BCUT2D eigenvalue weighted by Crippen LogP contribution is -1.82. The molecule has 132 valence electrons. The number of rotatable bonds is 12. The summed E-state index contributed by atoms with van der Waals surface area (Å²) in [6, 6.07) is 0. The van der Waals surface area contributed by atoms with Crippen molar-refractivity contribution in [3.63, 3.8) is 0 Å². The molecule has 0 aliphatic rings. The molecule has 0 rings (SSSR count). The largest absolute Gasteiger partial charge is 0.0856 e. The van der Waals surface area contributed by atoms with Gasteiger partial charge >= 0.3 is 0 Å². The predicted molar refractivity (Wildman–Crippen MR) is 108 cm³/mol. The molecule has 0 aromatic carbocycles. The molecule has 0 aromatic rings. The molecule has 0 N–H and O–H groups in total. The highest BCUT2D eigenvalue weighted by molar-refractivity contribution is 5.07. The van der Waals surface area contributed by atoms with E-state index in [4.69, 9.17) is 0 Å². The Morgan fingerprint density at radius 2 is 0.957 bits per heavy atom. The van der Waals surface area contributed by atoms with Crippen LogP contribution < -0.4 is 0 Å². The van der Waals surface area contributed by atoms with Crippen molar-refractivity contribution in [2.24, 2.45) is 0 Å². The van der Waals surface area contributed by atoms with Crippen LogP contribution in [0.25, 0.3) is 0 Å². The Bertz CT molecular complexity index is 411. The standard InChI is InChI=1S/C23H40/c1-7-8-9-14-21(4)16-11-18-23(6)19-12-17-22(5)15-10-13-20(2)3/h13-14,17-18H,7-12,15-16,19H2,1-6H3. The molecule has 0 saturated heterocycles. The van der Waals surface area contributed by atoms with E-state index in [1.165, 1.54) is 68.9 Å². The van der Waals surface area contributed by atoms with Gasteiger partial charge in [-0.1, -0.05) is 66.4 Å². The molecule has 0 heteroatoms. The summed E-state index contributed by atoms with van der Waals surface area (Å²) in [5, 5.41) is 0. The fourth-order valence-corrected chi connectivity index (χ4v) is 2.54. The average Bonchev–Trinajstić information content (AvgIpc) is 2.47. The fourth-order valence-electron chi connectivity index (χ4n) is 2.54.